The zero-order valence-electron chi connectivity index (χ0n) is 22.7. The van der Waals surface area contributed by atoms with E-state index >= 15 is 0 Å². The van der Waals surface area contributed by atoms with Gasteiger partial charge in [-0.1, -0.05) is 115 Å². The number of hydrogen-bond acceptors (Lipinski definition) is 2. The van der Waals surface area contributed by atoms with E-state index < -0.39 is 0 Å². The molecule has 0 saturated carbocycles. The average Bonchev–Trinajstić information content (AvgIpc) is 3.44. The molecule has 0 amide bonds. The van der Waals surface area contributed by atoms with Gasteiger partial charge in [-0.3, -0.25) is 0 Å². The Labute approximate surface area is 248 Å². The first-order valence-electron chi connectivity index (χ1n) is 14.3. The molecular formula is C40H24OS. The molecule has 0 saturated heterocycles. The number of furan rings is 1. The van der Waals surface area contributed by atoms with Crippen LogP contribution in [-0.2, 0) is 0 Å². The van der Waals surface area contributed by atoms with Crippen LogP contribution in [0.2, 0.25) is 0 Å². The standard InChI is InChI=1S/C40H24OS/c1-2-10-25(11-3-1)26-22-27(24-28(23-26)30-14-9-18-36-39(30)34-13-4-6-17-35(34)41-36)29-20-21-38-40-32(29)15-8-16-33(40)31-12-5-7-19-37(31)42-38/h1-24H. The van der Waals surface area contributed by atoms with Gasteiger partial charge in [0.2, 0.25) is 0 Å². The first-order valence-corrected chi connectivity index (χ1v) is 15.1. The molecule has 0 radical (unpaired) electrons. The number of rotatable bonds is 3. The largest absolute Gasteiger partial charge is 0.456 e. The van der Waals surface area contributed by atoms with Crippen molar-refractivity contribution in [2.45, 2.75) is 9.79 Å². The second kappa shape index (κ2) is 9.24. The normalized spacial score (nSPS) is 12.2. The van der Waals surface area contributed by atoms with Crippen molar-refractivity contribution in [2.75, 3.05) is 0 Å². The molecule has 7 aromatic carbocycles. The molecule has 1 aliphatic heterocycles. The molecule has 9 rings (SSSR count). The van der Waals surface area contributed by atoms with Crippen molar-refractivity contribution in [1.29, 1.82) is 0 Å². The summed E-state index contributed by atoms with van der Waals surface area (Å²) >= 11 is 1.87. The Kier molecular flexibility index (Phi) is 5.20. The van der Waals surface area contributed by atoms with Crippen LogP contribution < -0.4 is 0 Å². The molecule has 0 atom stereocenters. The van der Waals surface area contributed by atoms with E-state index in [1.165, 1.54) is 65.1 Å². The van der Waals surface area contributed by atoms with Gasteiger partial charge in [0.15, 0.2) is 0 Å². The van der Waals surface area contributed by atoms with Crippen LogP contribution in [0.25, 0.3) is 77.2 Å². The van der Waals surface area contributed by atoms with Crippen LogP contribution in [0.1, 0.15) is 0 Å². The molecule has 0 unspecified atom stereocenters. The van der Waals surface area contributed by atoms with Crippen molar-refractivity contribution >= 4 is 44.5 Å². The summed E-state index contributed by atoms with van der Waals surface area (Å²) in [5.74, 6) is 0. The van der Waals surface area contributed by atoms with Crippen molar-refractivity contribution in [3.05, 3.63) is 146 Å². The molecule has 2 heteroatoms. The highest BCUT2D eigenvalue weighted by molar-refractivity contribution is 7.99. The second-order valence-electron chi connectivity index (χ2n) is 10.9. The van der Waals surface area contributed by atoms with Crippen LogP contribution in [0.5, 0.6) is 0 Å². The van der Waals surface area contributed by atoms with E-state index in [-0.39, 0.29) is 0 Å². The molecule has 0 aliphatic carbocycles. The lowest BCUT2D eigenvalue weighted by Crippen LogP contribution is -1.94. The summed E-state index contributed by atoms with van der Waals surface area (Å²) in [6.07, 6.45) is 0. The maximum absolute atomic E-state index is 6.27. The summed E-state index contributed by atoms with van der Waals surface area (Å²) in [5.41, 5.74) is 11.7. The molecule has 196 valence electrons. The highest BCUT2D eigenvalue weighted by atomic mass is 32.2. The summed E-state index contributed by atoms with van der Waals surface area (Å²) in [6, 6.07) is 52.6. The third-order valence-electron chi connectivity index (χ3n) is 8.46. The summed E-state index contributed by atoms with van der Waals surface area (Å²) in [5, 5.41) is 4.93. The van der Waals surface area contributed by atoms with E-state index in [9.17, 15) is 0 Å². The van der Waals surface area contributed by atoms with E-state index in [1.807, 2.05) is 17.8 Å². The van der Waals surface area contributed by atoms with E-state index in [4.69, 9.17) is 4.42 Å². The number of benzene rings is 7. The van der Waals surface area contributed by atoms with Gasteiger partial charge in [-0.15, -0.1) is 0 Å². The van der Waals surface area contributed by atoms with E-state index in [2.05, 4.69) is 140 Å². The zero-order chi connectivity index (χ0) is 27.6. The van der Waals surface area contributed by atoms with Gasteiger partial charge >= 0.3 is 0 Å². The van der Waals surface area contributed by atoms with Crippen molar-refractivity contribution in [2.24, 2.45) is 0 Å². The molecule has 0 N–H and O–H groups in total. The van der Waals surface area contributed by atoms with Gasteiger partial charge in [0.05, 0.1) is 0 Å². The van der Waals surface area contributed by atoms with E-state index in [1.54, 1.807) is 0 Å². The van der Waals surface area contributed by atoms with E-state index in [0.29, 0.717) is 0 Å². The highest BCUT2D eigenvalue weighted by Gasteiger charge is 2.21. The fourth-order valence-corrected chi connectivity index (χ4v) is 7.71. The Morgan fingerprint density at radius 1 is 0.357 bits per heavy atom. The van der Waals surface area contributed by atoms with Gasteiger partial charge in [0, 0.05) is 25.9 Å². The Morgan fingerprint density at radius 2 is 1.02 bits per heavy atom. The highest BCUT2D eigenvalue weighted by Crippen LogP contribution is 2.50. The van der Waals surface area contributed by atoms with E-state index in [0.717, 1.165) is 21.9 Å². The minimum absolute atomic E-state index is 0.914. The molecule has 0 bridgehead atoms. The quantitative estimate of drug-likeness (QED) is 0.216. The predicted molar refractivity (Wildman–Crippen MR) is 177 cm³/mol. The molecule has 42 heavy (non-hydrogen) atoms. The Hall–Kier alpha value is -5.05. The molecule has 1 aromatic heterocycles. The van der Waals surface area contributed by atoms with Crippen molar-refractivity contribution < 1.29 is 4.42 Å². The number of hydrogen-bond donors (Lipinski definition) is 0. The Morgan fingerprint density at radius 3 is 1.95 bits per heavy atom. The minimum atomic E-state index is 0.914. The smallest absolute Gasteiger partial charge is 0.136 e. The zero-order valence-corrected chi connectivity index (χ0v) is 23.5. The molecule has 2 heterocycles. The first-order chi connectivity index (χ1) is 20.8. The lowest BCUT2D eigenvalue weighted by Gasteiger charge is -2.22. The SMILES string of the molecule is c1ccc(-c2cc(-c3ccc4c5c(cccc35)-c3ccccc3S4)cc(-c3cccc4oc5ccccc5c34)c2)cc1. The van der Waals surface area contributed by atoms with Crippen molar-refractivity contribution in [1.82, 2.24) is 0 Å². The maximum atomic E-state index is 6.27. The monoisotopic (exact) mass is 552 g/mol. The van der Waals surface area contributed by atoms with Crippen LogP contribution in [-0.4, -0.2) is 0 Å². The van der Waals surface area contributed by atoms with Gasteiger partial charge in [-0.05, 0) is 92.4 Å². The van der Waals surface area contributed by atoms with Gasteiger partial charge < -0.3 is 4.42 Å². The Bertz CT molecular complexity index is 2330. The minimum Gasteiger partial charge on any atom is -0.456 e. The van der Waals surface area contributed by atoms with Gasteiger partial charge in [-0.2, -0.15) is 0 Å². The predicted octanol–water partition coefficient (Wildman–Crippen LogP) is 11.9. The van der Waals surface area contributed by atoms with Crippen molar-refractivity contribution in [3.63, 3.8) is 0 Å². The third-order valence-corrected chi connectivity index (χ3v) is 9.60. The topological polar surface area (TPSA) is 13.1 Å². The van der Waals surface area contributed by atoms with Gasteiger partial charge in [-0.25, -0.2) is 0 Å². The first kappa shape index (κ1) is 23.6. The Balaban J connectivity index is 1.33. The summed E-state index contributed by atoms with van der Waals surface area (Å²) in [7, 11) is 0. The van der Waals surface area contributed by atoms with Gasteiger partial charge in [0.1, 0.15) is 11.2 Å². The van der Waals surface area contributed by atoms with Crippen molar-refractivity contribution in [3.8, 4) is 44.5 Å². The fourth-order valence-electron chi connectivity index (χ4n) is 6.58. The second-order valence-corrected chi connectivity index (χ2v) is 12.0. The molecule has 8 aromatic rings. The maximum Gasteiger partial charge on any atom is 0.136 e. The van der Waals surface area contributed by atoms with Crippen LogP contribution in [0.15, 0.2) is 160 Å². The third kappa shape index (κ3) is 3.59. The number of para-hydroxylation sites is 1. The molecular weight excluding hydrogens is 529 g/mol. The lowest BCUT2D eigenvalue weighted by molar-refractivity contribution is 0.669. The van der Waals surface area contributed by atoms with Gasteiger partial charge in [0.25, 0.3) is 0 Å². The van der Waals surface area contributed by atoms with Crippen LogP contribution in [0.4, 0.5) is 0 Å². The van der Waals surface area contributed by atoms with Crippen LogP contribution in [0.3, 0.4) is 0 Å². The average molecular weight is 553 g/mol. The molecule has 0 spiro atoms. The summed E-state index contributed by atoms with van der Waals surface area (Å²) in [6.45, 7) is 0. The van der Waals surface area contributed by atoms with Crippen LogP contribution in [0, 0.1) is 0 Å². The fraction of sp³-hybridized carbons (Fsp3) is 0. The molecule has 1 aliphatic rings. The lowest BCUT2D eigenvalue weighted by atomic mass is 9.88. The molecule has 0 fully saturated rings. The van der Waals surface area contributed by atoms with Crippen LogP contribution >= 0.6 is 11.8 Å². The molecule has 1 nitrogen and oxygen atoms in total. The summed E-state index contributed by atoms with van der Waals surface area (Å²) in [4.78, 5) is 2.64. The summed E-state index contributed by atoms with van der Waals surface area (Å²) < 4.78 is 6.27. The number of fused-ring (bicyclic) bond motifs is 5.